The molecule has 3 unspecified atom stereocenters. The molecule has 166 valence electrons. The summed E-state index contributed by atoms with van der Waals surface area (Å²) in [4.78, 5) is 25.2. The molecule has 31 heavy (non-hydrogen) atoms. The molecule has 3 saturated carbocycles. The summed E-state index contributed by atoms with van der Waals surface area (Å²) in [5.41, 5.74) is 1.45. The van der Waals surface area contributed by atoms with Gasteiger partial charge in [-0.25, -0.2) is 4.79 Å². The summed E-state index contributed by atoms with van der Waals surface area (Å²) in [5, 5.41) is 11.7. The third-order valence-corrected chi connectivity index (χ3v) is 9.36. The Morgan fingerprint density at radius 3 is 2.65 bits per heavy atom. The first kappa shape index (κ1) is 21.2. The first-order valence-electron chi connectivity index (χ1n) is 11.6. The smallest absolute Gasteiger partial charge is 0.338 e. The number of ketones is 1. The number of carbonyl (C=O) groups excluding carboxylic acids is 2. The quantitative estimate of drug-likeness (QED) is 0.494. The number of aliphatic hydroxyl groups is 1. The van der Waals surface area contributed by atoms with E-state index in [-0.39, 0.29) is 34.7 Å². The maximum atomic E-state index is 12.6. The Bertz CT molecular complexity index is 954. The average molecular weight is 443 g/mol. The highest BCUT2D eigenvalue weighted by atomic mass is 35.5. The lowest BCUT2D eigenvalue weighted by molar-refractivity contribution is -0.135. The monoisotopic (exact) mass is 442 g/mol. The molecule has 0 heterocycles. The minimum atomic E-state index is -0.522. The summed E-state index contributed by atoms with van der Waals surface area (Å²) in [6.45, 7) is 4.46. The van der Waals surface area contributed by atoms with Gasteiger partial charge in [-0.1, -0.05) is 43.2 Å². The number of aliphatic hydroxyl groups excluding tert-OH is 1. The van der Waals surface area contributed by atoms with Crippen molar-refractivity contribution in [1.29, 1.82) is 0 Å². The number of fused-ring (bicyclic) bond motifs is 5. The number of rotatable bonds is 2. The van der Waals surface area contributed by atoms with E-state index < -0.39 is 6.10 Å². The molecule has 0 spiro atoms. The Morgan fingerprint density at radius 1 is 1.13 bits per heavy atom. The minimum Gasteiger partial charge on any atom is -0.458 e. The van der Waals surface area contributed by atoms with Crippen LogP contribution in [0, 0.1) is 28.6 Å². The Balaban J connectivity index is 1.36. The van der Waals surface area contributed by atoms with Gasteiger partial charge in [0, 0.05) is 23.3 Å². The molecular weight excluding hydrogens is 412 g/mol. The van der Waals surface area contributed by atoms with Crippen molar-refractivity contribution in [2.45, 2.75) is 71.0 Å². The van der Waals surface area contributed by atoms with Crippen LogP contribution in [0.5, 0.6) is 0 Å². The lowest BCUT2D eigenvalue weighted by atomic mass is 9.47. The summed E-state index contributed by atoms with van der Waals surface area (Å²) in [5.74, 6) is 0.867. The van der Waals surface area contributed by atoms with Crippen LogP contribution in [0.25, 0.3) is 0 Å². The van der Waals surface area contributed by atoms with Gasteiger partial charge in [-0.15, -0.1) is 0 Å². The highest BCUT2D eigenvalue weighted by Crippen LogP contribution is 2.64. The highest BCUT2D eigenvalue weighted by Gasteiger charge is 2.60. The number of benzene rings is 1. The van der Waals surface area contributed by atoms with E-state index >= 15 is 0 Å². The molecule has 0 aromatic heterocycles. The maximum Gasteiger partial charge on any atom is 0.338 e. The summed E-state index contributed by atoms with van der Waals surface area (Å²) in [7, 11) is 0. The summed E-state index contributed by atoms with van der Waals surface area (Å²) in [6.07, 6.45) is 7.25. The van der Waals surface area contributed by atoms with E-state index in [0.29, 0.717) is 35.1 Å². The second kappa shape index (κ2) is 7.45. The fourth-order valence-corrected chi connectivity index (χ4v) is 7.51. The van der Waals surface area contributed by atoms with Crippen LogP contribution < -0.4 is 0 Å². The van der Waals surface area contributed by atoms with Gasteiger partial charge in [0.25, 0.3) is 0 Å². The largest absolute Gasteiger partial charge is 0.458 e. The zero-order valence-corrected chi connectivity index (χ0v) is 19.0. The molecule has 1 aromatic rings. The van der Waals surface area contributed by atoms with E-state index in [1.807, 2.05) is 6.08 Å². The van der Waals surface area contributed by atoms with E-state index in [0.717, 1.165) is 32.1 Å². The summed E-state index contributed by atoms with van der Waals surface area (Å²) < 4.78 is 5.83. The van der Waals surface area contributed by atoms with Gasteiger partial charge in [0.1, 0.15) is 11.9 Å². The third-order valence-electron chi connectivity index (χ3n) is 9.13. The molecule has 5 heteroatoms. The van der Waals surface area contributed by atoms with E-state index in [9.17, 15) is 14.7 Å². The van der Waals surface area contributed by atoms with Gasteiger partial charge in [0.15, 0.2) is 0 Å². The van der Waals surface area contributed by atoms with Gasteiger partial charge in [0.05, 0.1) is 11.7 Å². The molecule has 4 aliphatic carbocycles. The first-order chi connectivity index (χ1) is 14.7. The van der Waals surface area contributed by atoms with Crippen LogP contribution in [-0.2, 0) is 9.53 Å². The SMILES string of the molecule is C[C@]12CC[C@H](OC(=O)c3cccc(Cl)c3)CC1=C[C@@H](O)C1C2CC[C@]2(C)C(=O)CCC12. The molecule has 5 rings (SSSR count). The van der Waals surface area contributed by atoms with Gasteiger partial charge in [-0.2, -0.15) is 0 Å². The van der Waals surface area contributed by atoms with Gasteiger partial charge in [0.2, 0.25) is 0 Å². The van der Waals surface area contributed by atoms with Crippen molar-refractivity contribution in [3.05, 3.63) is 46.5 Å². The van der Waals surface area contributed by atoms with Gasteiger partial charge in [-0.3, -0.25) is 4.79 Å². The standard InChI is InChI=1S/C26H31ClO4/c1-25-10-8-18(31-24(30)15-4-3-5-17(27)12-15)13-16(25)14-21(28)23-19-6-7-22(29)26(19,2)11-9-20(23)25/h3-5,12,14,18-21,23,28H,6-11,13H2,1-2H3/t18-,19?,20?,21+,23?,25-,26-/m0/s1. The van der Waals surface area contributed by atoms with E-state index in [4.69, 9.17) is 16.3 Å². The number of halogens is 1. The Kier molecular flexibility index (Phi) is 5.10. The van der Waals surface area contributed by atoms with Crippen LogP contribution in [0.4, 0.5) is 0 Å². The van der Waals surface area contributed by atoms with Crippen molar-refractivity contribution < 1.29 is 19.4 Å². The first-order valence-corrected chi connectivity index (χ1v) is 12.0. The average Bonchev–Trinajstić information content (AvgIpc) is 3.04. The third kappa shape index (κ3) is 3.29. The molecule has 7 atom stereocenters. The number of esters is 1. The predicted octanol–water partition coefficient (Wildman–Crippen LogP) is 5.37. The van der Waals surface area contributed by atoms with Crippen LogP contribution in [0.15, 0.2) is 35.9 Å². The fraction of sp³-hybridized carbons (Fsp3) is 0.615. The molecule has 0 saturated heterocycles. The van der Waals surface area contributed by atoms with Crippen LogP contribution in [0.3, 0.4) is 0 Å². The summed E-state index contributed by atoms with van der Waals surface area (Å²) >= 11 is 6.01. The minimum absolute atomic E-state index is 0.00975. The van der Waals surface area contributed by atoms with Crippen molar-refractivity contribution in [1.82, 2.24) is 0 Å². The molecule has 0 amide bonds. The van der Waals surface area contributed by atoms with E-state index in [1.165, 1.54) is 5.57 Å². The van der Waals surface area contributed by atoms with E-state index in [2.05, 4.69) is 13.8 Å². The molecule has 0 radical (unpaired) electrons. The molecule has 0 bridgehead atoms. The number of Topliss-reactive ketones (excluding diaryl/α,β-unsaturated/α-hetero) is 1. The molecule has 4 nitrogen and oxygen atoms in total. The molecule has 1 N–H and O–H groups in total. The van der Waals surface area contributed by atoms with Crippen LogP contribution in [-0.4, -0.2) is 29.1 Å². The number of hydrogen-bond acceptors (Lipinski definition) is 4. The molecule has 0 aliphatic heterocycles. The Hall–Kier alpha value is -1.65. The normalized spacial score (nSPS) is 41.6. The fourth-order valence-electron chi connectivity index (χ4n) is 7.32. The highest BCUT2D eigenvalue weighted by molar-refractivity contribution is 6.30. The van der Waals surface area contributed by atoms with E-state index in [1.54, 1.807) is 24.3 Å². The zero-order chi connectivity index (χ0) is 22.0. The Labute approximate surface area is 189 Å². The Morgan fingerprint density at radius 2 is 1.87 bits per heavy atom. The van der Waals surface area contributed by atoms with Crippen LogP contribution in [0.1, 0.15) is 69.2 Å². The lowest BCUT2D eigenvalue weighted by Gasteiger charge is -2.58. The molecule has 1 aromatic carbocycles. The second-order valence-electron chi connectivity index (χ2n) is 10.6. The van der Waals surface area contributed by atoms with Crippen molar-refractivity contribution in [3.8, 4) is 0 Å². The molecule has 3 fully saturated rings. The molecule has 4 aliphatic rings. The van der Waals surface area contributed by atoms with Crippen molar-refractivity contribution in [2.24, 2.45) is 28.6 Å². The zero-order valence-electron chi connectivity index (χ0n) is 18.3. The lowest BCUT2D eigenvalue weighted by Crippen LogP contribution is -2.54. The van der Waals surface area contributed by atoms with Crippen LogP contribution in [0.2, 0.25) is 5.02 Å². The number of hydrogen-bond donors (Lipinski definition) is 1. The van der Waals surface area contributed by atoms with Gasteiger partial charge < -0.3 is 9.84 Å². The maximum absolute atomic E-state index is 12.6. The second-order valence-corrected chi connectivity index (χ2v) is 11.0. The predicted molar refractivity (Wildman–Crippen MR) is 119 cm³/mol. The summed E-state index contributed by atoms with van der Waals surface area (Å²) in [6, 6.07) is 6.84. The van der Waals surface area contributed by atoms with Gasteiger partial charge >= 0.3 is 5.97 Å². The van der Waals surface area contributed by atoms with Gasteiger partial charge in [-0.05, 0) is 73.5 Å². The van der Waals surface area contributed by atoms with Crippen molar-refractivity contribution in [3.63, 3.8) is 0 Å². The number of carbonyl (C=O) groups is 2. The topological polar surface area (TPSA) is 63.6 Å². The number of ether oxygens (including phenoxy) is 1. The van der Waals surface area contributed by atoms with Crippen molar-refractivity contribution in [2.75, 3.05) is 0 Å². The molecular formula is C26H31ClO4. The van der Waals surface area contributed by atoms with Crippen molar-refractivity contribution >= 4 is 23.4 Å². The van der Waals surface area contributed by atoms with Crippen LogP contribution >= 0.6 is 11.6 Å².